The van der Waals surface area contributed by atoms with Gasteiger partial charge in [-0.2, -0.15) is 0 Å². The summed E-state index contributed by atoms with van der Waals surface area (Å²) >= 11 is 5.75. The standard InChI is InChI=1S/C11H10ClNO3/c1-7-6-8(12)2-3-9(7)13-10(14)4-5-11(15)16/h2-6H,1H3,(H,13,14)(H,15,16)/b5-4+. The molecule has 0 aliphatic heterocycles. The third kappa shape index (κ3) is 3.74. The fourth-order valence-electron chi connectivity index (χ4n) is 1.09. The van der Waals surface area contributed by atoms with Gasteiger partial charge in [-0.05, 0) is 30.7 Å². The van der Waals surface area contributed by atoms with E-state index >= 15 is 0 Å². The number of aryl methyl sites for hydroxylation is 1. The van der Waals surface area contributed by atoms with Crippen molar-refractivity contribution >= 4 is 29.2 Å². The highest BCUT2D eigenvalue weighted by Gasteiger charge is 2.02. The molecular formula is C11H10ClNO3. The Labute approximate surface area is 97.5 Å². The van der Waals surface area contributed by atoms with E-state index in [1.54, 1.807) is 25.1 Å². The first-order valence-electron chi connectivity index (χ1n) is 4.47. The molecule has 16 heavy (non-hydrogen) atoms. The highest BCUT2D eigenvalue weighted by molar-refractivity contribution is 6.30. The molecule has 0 atom stereocenters. The molecule has 0 spiro atoms. The van der Waals surface area contributed by atoms with Gasteiger partial charge in [0.15, 0.2) is 0 Å². The number of aliphatic carboxylic acids is 1. The van der Waals surface area contributed by atoms with Crippen molar-refractivity contribution in [2.75, 3.05) is 5.32 Å². The van der Waals surface area contributed by atoms with Crippen molar-refractivity contribution in [1.82, 2.24) is 0 Å². The Morgan fingerprint density at radius 3 is 2.62 bits per heavy atom. The number of hydrogen-bond donors (Lipinski definition) is 2. The van der Waals surface area contributed by atoms with Crippen LogP contribution < -0.4 is 5.32 Å². The van der Waals surface area contributed by atoms with Crippen LogP contribution in [0, 0.1) is 6.92 Å². The summed E-state index contributed by atoms with van der Waals surface area (Å²) < 4.78 is 0. The first-order chi connectivity index (χ1) is 7.49. The van der Waals surface area contributed by atoms with Crippen molar-refractivity contribution in [3.63, 3.8) is 0 Å². The molecule has 0 saturated heterocycles. The lowest BCUT2D eigenvalue weighted by Crippen LogP contribution is -2.09. The molecule has 0 aliphatic rings. The SMILES string of the molecule is Cc1cc(Cl)ccc1NC(=O)/C=C/C(=O)O. The summed E-state index contributed by atoms with van der Waals surface area (Å²) in [4.78, 5) is 21.4. The van der Waals surface area contributed by atoms with E-state index in [1.165, 1.54) is 0 Å². The molecule has 1 rings (SSSR count). The van der Waals surface area contributed by atoms with Crippen LogP contribution in [0.15, 0.2) is 30.4 Å². The molecule has 2 N–H and O–H groups in total. The number of halogens is 1. The summed E-state index contributed by atoms with van der Waals surface area (Å²) in [7, 11) is 0. The molecule has 0 heterocycles. The van der Waals surface area contributed by atoms with Crippen molar-refractivity contribution in [1.29, 1.82) is 0 Å². The van der Waals surface area contributed by atoms with Crippen LogP contribution in [0.25, 0.3) is 0 Å². The Morgan fingerprint density at radius 1 is 1.38 bits per heavy atom. The Balaban J connectivity index is 2.73. The topological polar surface area (TPSA) is 66.4 Å². The number of benzene rings is 1. The molecule has 1 amide bonds. The smallest absolute Gasteiger partial charge is 0.328 e. The van der Waals surface area contributed by atoms with Gasteiger partial charge in [0.25, 0.3) is 0 Å². The molecule has 5 heteroatoms. The highest BCUT2D eigenvalue weighted by Crippen LogP contribution is 2.19. The largest absolute Gasteiger partial charge is 0.478 e. The van der Waals surface area contributed by atoms with Crippen LogP contribution in [0.1, 0.15) is 5.56 Å². The average molecular weight is 240 g/mol. The number of carbonyl (C=O) groups excluding carboxylic acids is 1. The van der Waals surface area contributed by atoms with Crippen LogP contribution in [-0.4, -0.2) is 17.0 Å². The molecule has 0 aliphatic carbocycles. The third-order valence-corrected chi connectivity index (χ3v) is 2.06. The van der Waals surface area contributed by atoms with Crippen molar-refractivity contribution < 1.29 is 14.7 Å². The second-order valence-electron chi connectivity index (χ2n) is 3.12. The molecule has 0 aromatic heterocycles. The van der Waals surface area contributed by atoms with Crippen molar-refractivity contribution in [3.05, 3.63) is 40.9 Å². The van der Waals surface area contributed by atoms with Gasteiger partial charge in [0.1, 0.15) is 0 Å². The van der Waals surface area contributed by atoms with Crippen molar-refractivity contribution in [3.8, 4) is 0 Å². The number of carbonyl (C=O) groups is 2. The van der Waals surface area contributed by atoms with Gasteiger partial charge in [-0.15, -0.1) is 0 Å². The third-order valence-electron chi connectivity index (χ3n) is 1.82. The summed E-state index contributed by atoms with van der Waals surface area (Å²) in [6, 6.07) is 5.01. The van der Waals surface area contributed by atoms with Crippen LogP contribution in [0.5, 0.6) is 0 Å². The maximum atomic E-state index is 11.3. The summed E-state index contributed by atoms with van der Waals surface area (Å²) in [5.74, 6) is -1.66. The van der Waals surface area contributed by atoms with E-state index in [2.05, 4.69) is 5.32 Å². The molecule has 0 bridgehead atoms. The number of amides is 1. The maximum Gasteiger partial charge on any atom is 0.328 e. The average Bonchev–Trinajstić information content (AvgIpc) is 2.19. The zero-order valence-corrected chi connectivity index (χ0v) is 9.28. The number of carboxylic acids is 1. The number of carboxylic acid groups (broad SMARTS) is 1. The van der Waals surface area contributed by atoms with E-state index < -0.39 is 11.9 Å². The molecule has 1 aromatic carbocycles. The molecule has 0 saturated carbocycles. The lowest BCUT2D eigenvalue weighted by molar-refractivity contribution is -0.131. The number of rotatable bonds is 3. The summed E-state index contributed by atoms with van der Waals surface area (Å²) in [5.41, 5.74) is 1.41. The summed E-state index contributed by atoms with van der Waals surface area (Å²) in [6.45, 7) is 1.79. The Kier molecular flexibility index (Phi) is 4.08. The normalized spacial score (nSPS) is 10.4. The van der Waals surface area contributed by atoms with Crippen LogP contribution in [0.3, 0.4) is 0 Å². The maximum absolute atomic E-state index is 11.3. The predicted molar refractivity (Wildman–Crippen MR) is 61.6 cm³/mol. The molecule has 0 unspecified atom stereocenters. The lowest BCUT2D eigenvalue weighted by atomic mass is 10.2. The number of nitrogens with one attached hydrogen (secondary N) is 1. The van der Waals surface area contributed by atoms with Crippen LogP contribution in [0.4, 0.5) is 5.69 Å². The summed E-state index contributed by atoms with van der Waals surface area (Å²) in [6.07, 6.45) is 1.73. The van der Waals surface area contributed by atoms with E-state index in [9.17, 15) is 9.59 Å². The van der Waals surface area contributed by atoms with Gasteiger partial charge in [0.05, 0.1) is 0 Å². The van der Waals surface area contributed by atoms with Crippen LogP contribution in [0.2, 0.25) is 5.02 Å². The van der Waals surface area contributed by atoms with Crippen molar-refractivity contribution in [2.45, 2.75) is 6.92 Å². The quantitative estimate of drug-likeness (QED) is 0.795. The van der Waals surface area contributed by atoms with Gasteiger partial charge < -0.3 is 10.4 Å². The van der Waals surface area contributed by atoms with Gasteiger partial charge in [0.2, 0.25) is 5.91 Å². The molecule has 1 aromatic rings. The predicted octanol–water partition coefficient (Wildman–Crippen LogP) is 2.23. The Bertz CT molecular complexity index is 455. The fourth-order valence-corrected chi connectivity index (χ4v) is 1.32. The number of hydrogen-bond acceptors (Lipinski definition) is 2. The van der Waals surface area contributed by atoms with Gasteiger partial charge in [-0.25, -0.2) is 4.79 Å². The second kappa shape index (κ2) is 5.32. The van der Waals surface area contributed by atoms with Crippen LogP contribution in [-0.2, 0) is 9.59 Å². The van der Waals surface area contributed by atoms with E-state index in [4.69, 9.17) is 16.7 Å². The Hall–Kier alpha value is -1.81. The van der Waals surface area contributed by atoms with Gasteiger partial charge >= 0.3 is 5.97 Å². The minimum absolute atomic E-state index is 0.493. The van der Waals surface area contributed by atoms with Crippen LogP contribution >= 0.6 is 11.6 Å². The molecule has 0 radical (unpaired) electrons. The second-order valence-corrected chi connectivity index (χ2v) is 3.56. The zero-order chi connectivity index (χ0) is 12.1. The van der Waals surface area contributed by atoms with Crippen molar-refractivity contribution in [2.24, 2.45) is 0 Å². The lowest BCUT2D eigenvalue weighted by Gasteiger charge is -2.06. The fraction of sp³-hybridized carbons (Fsp3) is 0.0909. The minimum Gasteiger partial charge on any atom is -0.478 e. The van der Waals surface area contributed by atoms with Gasteiger partial charge in [0, 0.05) is 22.9 Å². The first-order valence-corrected chi connectivity index (χ1v) is 4.85. The van der Waals surface area contributed by atoms with Gasteiger partial charge in [-0.1, -0.05) is 11.6 Å². The highest BCUT2D eigenvalue weighted by atomic mass is 35.5. The van der Waals surface area contributed by atoms with E-state index in [-0.39, 0.29) is 0 Å². The molecule has 84 valence electrons. The minimum atomic E-state index is -1.16. The number of anilines is 1. The van der Waals surface area contributed by atoms with Gasteiger partial charge in [-0.3, -0.25) is 4.79 Å². The molecule has 4 nitrogen and oxygen atoms in total. The van der Waals surface area contributed by atoms with E-state index in [1.807, 2.05) is 0 Å². The first kappa shape index (κ1) is 12.3. The zero-order valence-electron chi connectivity index (χ0n) is 8.53. The Morgan fingerprint density at radius 2 is 2.06 bits per heavy atom. The van der Waals surface area contributed by atoms with E-state index in [0.29, 0.717) is 10.7 Å². The summed E-state index contributed by atoms with van der Waals surface area (Å²) in [5, 5.41) is 11.5. The monoisotopic (exact) mass is 239 g/mol. The van der Waals surface area contributed by atoms with E-state index in [0.717, 1.165) is 17.7 Å². The molecular weight excluding hydrogens is 230 g/mol. The molecule has 0 fully saturated rings.